The van der Waals surface area contributed by atoms with E-state index in [0.29, 0.717) is 12.1 Å². The van der Waals surface area contributed by atoms with E-state index < -0.39 is 0 Å². The zero-order valence-corrected chi connectivity index (χ0v) is 8.09. The molecule has 0 saturated carbocycles. The highest BCUT2D eigenvalue weighted by atomic mass is 32.1. The Hall–Kier alpha value is 0.230. The zero-order valence-electron chi connectivity index (χ0n) is 7.20. The van der Waals surface area contributed by atoms with E-state index in [0.717, 1.165) is 38.6 Å². The molecule has 12 heavy (non-hydrogen) atoms. The number of fused-ring (bicyclic) bond motifs is 2. The fourth-order valence-corrected chi connectivity index (χ4v) is 2.30. The van der Waals surface area contributed by atoms with Crippen LogP contribution < -0.4 is 5.32 Å². The molecule has 2 aliphatic heterocycles. The van der Waals surface area contributed by atoms with Gasteiger partial charge in [0.05, 0.1) is 13.2 Å². The van der Waals surface area contributed by atoms with E-state index in [1.807, 2.05) is 0 Å². The van der Waals surface area contributed by atoms with Gasteiger partial charge in [-0.2, -0.15) is 12.6 Å². The van der Waals surface area contributed by atoms with Crippen LogP contribution in [0.15, 0.2) is 0 Å². The van der Waals surface area contributed by atoms with Crippen molar-refractivity contribution in [2.45, 2.75) is 12.1 Å². The molecule has 2 unspecified atom stereocenters. The lowest BCUT2D eigenvalue weighted by Crippen LogP contribution is -2.62. The van der Waals surface area contributed by atoms with Crippen LogP contribution in [0, 0.1) is 0 Å². The standard InChI is InChI=1S/C8H16N2OS/c12-2-1-10-3-7-5-11-6-8(4-10)9-7/h7-9,12H,1-6H2. The Bertz CT molecular complexity index is 144. The van der Waals surface area contributed by atoms with E-state index in [2.05, 4.69) is 22.8 Å². The van der Waals surface area contributed by atoms with E-state index in [9.17, 15) is 0 Å². The average Bonchev–Trinajstić information content (AvgIpc) is 2.04. The van der Waals surface area contributed by atoms with Gasteiger partial charge in [0.25, 0.3) is 0 Å². The maximum Gasteiger partial charge on any atom is 0.0633 e. The number of ether oxygens (including phenoxy) is 1. The Morgan fingerprint density at radius 2 is 2.00 bits per heavy atom. The molecule has 0 aromatic heterocycles. The molecule has 1 N–H and O–H groups in total. The Morgan fingerprint density at radius 3 is 2.58 bits per heavy atom. The van der Waals surface area contributed by atoms with Crippen molar-refractivity contribution < 1.29 is 4.74 Å². The first-order chi connectivity index (χ1) is 5.88. The summed E-state index contributed by atoms with van der Waals surface area (Å²) in [6.45, 7) is 5.10. The molecule has 0 amide bonds. The normalized spacial score (nSPS) is 36.8. The van der Waals surface area contributed by atoms with Gasteiger partial charge in [-0.25, -0.2) is 0 Å². The van der Waals surface area contributed by atoms with Crippen LogP contribution in [0.3, 0.4) is 0 Å². The molecule has 2 saturated heterocycles. The van der Waals surface area contributed by atoms with Gasteiger partial charge < -0.3 is 10.1 Å². The van der Waals surface area contributed by atoms with Gasteiger partial charge in [-0.1, -0.05) is 0 Å². The number of nitrogens with zero attached hydrogens (tertiary/aromatic N) is 1. The summed E-state index contributed by atoms with van der Waals surface area (Å²) >= 11 is 4.24. The van der Waals surface area contributed by atoms with Gasteiger partial charge in [0, 0.05) is 37.5 Å². The number of nitrogens with one attached hydrogen (secondary N) is 1. The van der Waals surface area contributed by atoms with Gasteiger partial charge >= 0.3 is 0 Å². The Kier molecular flexibility index (Phi) is 2.91. The zero-order chi connectivity index (χ0) is 8.39. The van der Waals surface area contributed by atoms with Crippen molar-refractivity contribution in [2.75, 3.05) is 38.6 Å². The van der Waals surface area contributed by atoms with E-state index in [1.165, 1.54) is 0 Å². The van der Waals surface area contributed by atoms with Gasteiger partial charge in [0.15, 0.2) is 0 Å². The molecule has 0 radical (unpaired) electrons. The van der Waals surface area contributed by atoms with Crippen molar-refractivity contribution in [3.63, 3.8) is 0 Å². The number of hydrogen-bond donors (Lipinski definition) is 2. The SMILES string of the molecule is SCCN1CC2COCC(C1)N2. The first-order valence-corrected chi connectivity index (χ1v) is 5.19. The van der Waals surface area contributed by atoms with Crippen LogP contribution in [0.4, 0.5) is 0 Å². The fourth-order valence-electron chi connectivity index (χ4n) is 2.01. The third-order valence-electron chi connectivity index (χ3n) is 2.48. The molecule has 2 atom stereocenters. The van der Waals surface area contributed by atoms with Crippen molar-refractivity contribution in [1.29, 1.82) is 0 Å². The second-order valence-electron chi connectivity index (χ2n) is 3.58. The molecule has 2 fully saturated rings. The lowest BCUT2D eigenvalue weighted by Gasteiger charge is -2.42. The maximum absolute atomic E-state index is 5.45. The largest absolute Gasteiger partial charge is 0.378 e. The van der Waals surface area contributed by atoms with Crippen molar-refractivity contribution in [2.24, 2.45) is 0 Å². The molecule has 2 bridgehead atoms. The van der Waals surface area contributed by atoms with Gasteiger partial charge in [-0.3, -0.25) is 4.90 Å². The summed E-state index contributed by atoms with van der Waals surface area (Å²) in [4.78, 5) is 2.47. The summed E-state index contributed by atoms with van der Waals surface area (Å²) in [7, 11) is 0. The van der Waals surface area contributed by atoms with Gasteiger partial charge in [-0.15, -0.1) is 0 Å². The molecule has 2 rings (SSSR count). The number of morpholine rings is 1. The van der Waals surface area contributed by atoms with E-state index in [-0.39, 0.29) is 0 Å². The predicted octanol–water partition coefficient (Wildman–Crippen LogP) is -0.411. The number of thiol groups is 1. The summed E-state index contributed by atoms with van der Waals surface area (Å²) in [6, 6.07) is 1.11. The third-order valence-corrected chi connectivity index (χ3v) is 2.68. The predicted molar refractivity (Wildman–Crippen MR) is 51.8 cm³/mol. The van der Waals surface area contributed by atoms with Crippen LogP contribution in [0.5, 0.6) is 0 Å². The molecule has 0 aromatic rings. The summed E-state index contributed by atoms with van der Waals surface area (Å²) in [5.41, 5.74) is 0. The number of rotatable bonds is 2. The van der Waals surface area contributed by atoms with Crippen molar-refractivity contribution in [3.05, 3.63) is 0 Å². The molecular formula is C8H16N2OS. The fraction of sp³-hybridized carbons (Fsp3) is 1.00. The first-order valence-electron chi connectivity index (χ1n) is 4.55. The Morgan fingerprint density at radius 1 is 1.33 bits per heavy atom. The van der Waals surface area contributed by atoms with Crippen LogP contribution in [0.1, 0.15) is 0 Å². The van der Waals surface area contributed by atoms with Crippen molar-refractivity contribution in [3.8, 4) is 0 Å². The molecule has 70 valence electrons. The number of hydrogen-bond acceptors (Lipinski definition) is 4. The molecule has 3 nitrogen and oxygen atoms in total. The van der Waals surface area contributed by atoms with Crippen molar-refractivity contribution >= 4 is 12.6 Å². The van der Waals surface area contributed by atoms with Crippen LogP contribution in [0.25, 0.3) is 0 Å². The number of piperazine rings is 1. The quantitative estimate of drug-likeness (QED) is 0.576. The minimum Gasteiger partial charge on any atom is -0.378 e. The molecule has 2 aliphatic rings. The van der Waals surface area contributed by atoms with E-state index >= 15 is 0 Å². The van der Waals surface area contributed by atoms with Crippen LogP contribution in [-0.4, -0.2) is 55.6 Å². The lowest BCUT2D eigenvalue weighted by atomic mass is 10.1. The van der Waals surface area contributed by atoms with Gasteiger partial charge in [-0.05, 0) is 0 Å². The smallest absolute Gasteiger partial charge is 0.0633 e. The highest BCUT2D eigenvalue weighted by molar-refractivity contribution is 7.80. The minimum absolute atomic E-state index is 0.553. The van der Waals surface area contributed by atoms with Crippen LogP contribution >= 0.6 is 12.6 Å². The van der Waals surface area contributed by atoms with Crippen LogP contribution in [-0.2, 0) is 4.74 Å². The second-order valence-corrected chi connectivity index (χ2v) is 4.03. The van der Waals surface area contributed by atoms with Crippen LogP contribution in [0.2, 0.25) is 0 Å². The molecule has 0 spiro atoms. The molecule has 2 heterocycles. The second kappa shape index (κ2) is 3.96. The lowest BCUT2D eigenvalue weighted by molar-refractivity contribution is -0.00476. The topological polar surface area (TPSA) is 24.5 Å². The molecule has 0 aromatic carbocycles. The van der Waals surface area contributed by atoms with E-state index in [1.54, 1.807) is 0 Å². The third kappa shape index (κ3) is 1.93. The van der Waals surface area contributed by atoms with E-state index in [4.69, 9.17) is 4.74 Å². The summed E-state index contributed by atoms with van der Waals surface area (Å²) < 4.78 is 5.45. The summed E-state index contributed by atoms with van der Waals surface area (Å²) in [5, 5.41) is 3.55. The Balaban J connectivity index is 1.87. The average molecular weight is 188 g/mol. The van der Waals surface area contributed by atoms with Crippen molar-refractivity contribution in [1.82, 2.24) is 10.2 Å². The summed E-state index contributed by atoms with van der Waals surface area (Å²) in [6.07, 6.45) is 0. The monoisotopic (exact) mass is 188 g/mol. The first kappa shape index (κ1) is 8.81. The molecular weight excluding hydrogens is 172 g/mol. The molecule has 4 heteroatoms. The summed E-state index contributed by atoms with van der Waals surface area (Å²) in [5.74, 6) is 0.959. The molecule has 0 aliphatic carbocycles. The van der Waals surface area contributed by atoms with Gasteiger partial charge in [0.2, 0.25) is 0 Å². The van der Waals surface area contributed by atoms with Gasteiger partial charge in [0.1, 0.15) is 0 Å². The highest BCUT2D eigenvalue weighted by Crippen LogP contribution is 2.10. The maximum atomic E-state index is 5.45. The highest BCUT2D eigenvalue weighted by Gasteiger charge is 2.29. The minimum atomic E-state index is 0.553. The Labute approximate surface area is 78.9 Å².